The van der Waals surface area contributed by atoms with Crippen LogP contribution in [-0.2, 0) is 10.0 Å². The van der Waals surface area contributed by atoms with Gasteiger partial charge in [-0.3, -0.25) is 4.79 Å². The maximum Gasteiger partial charge on any atom is 0.287 e. The first kappa shape index (κ1) is 14.0. The van der Waals surface area contributed by atoms with Gasteiger partial charge in [0.15, 0.2) is 0 Å². The quantitative estimate of drug-likeness (QED) is 0.748. The number of fused-ring (bicyclic) bond motifs is 1. The van der Waals surface area contributed by atoms with Gasteiger partial charge in [-0.2, -0.15) is 8.42 Å². The molecule has 2 heterocycles. The van der Waals surface area contributed by atoms with E-state index in [1.807, 2.05) is 0 Å². The minimum atomic E-state index is -3.95. The van der Waals surface area contributed by atoms with Crippen LogP contribution in [0.25, 0.3) is 0 Å². The van der Waals surface area contributed by atoms with Crippen molar-refractivity contribution < 1.29 is 18.3 Å². The third kappa shape index (κ3) is 2.62. The number of hydrogen-bond acceptors (Lipinski definition) is 6. The van der Waals surface area contributed by atoms with Gasteiger partial charge < -0.3 is 16.2 Å². The molecule has 9 heteroatoms. The van der Waals surface area contributed by atoms with E-state index in [9.17, 15) is 18.3 Å². The highest BCUT2D eigenvalue weighted by Gasteiger charge is 2.32. The molecule has 0 spiro atoms. The molecule has 1 aromatic rings. The zero-order chi connectivity index (χ0) is 14.2. The predicted molar refractivity (Wildman–Crippen MR) is 72.0 cm³/mol. The Labute approximate surface area is 114 Å². The topological polar surface area (TPSA) is 122 Å². The summed E-state index contributed by atoms with van der Waals surface area (Å²) in [5.74, 6) is -0.644. The number of primary amides is 1. The monoisotopic (exact) mass is 303 g/mol. The molecular formula is C10H13N3O4S2. The summed E-state index contributed by atoms with van der Waals surface area (Å²) in [6.45, 7) is 1.78. The second-order valence-electron chi connectivity index (χ2n) is 4.08. The molecule has 0 saturated carbocycles. The van der Waals surface area contributed by atoms with Crippen molar-refractivity contribution in [2.75, 3.05) is 5.32 Å². The molecule has 1 aliphatic heterocycles. The summed E-state index contributed by atoms with van der Waals surface area (Å²) in [5, 5.41) is 14.0. The Morgan fingerprint density at radius 2 is 2.32 bits per heavy atom. The molecular weight excluding hydrogens is 290 g/mol. The molecule has 0 aliphatic carbocycles. The molecule has 1 unspecified atom stereocenters. The number of aliphatic hydroxyl groups excluding tert-OH is 1. The second kappa shape index (κ2) is 4.91. The summed E-state index contributed by atoms with van der Waals surface area (Å²) >= 11 is 1.07. The number of nitrogens with zero attached hydrogens (tertiary/aromatic N) is 1. The summed E-state index contributed by atoms with van der Waals surface area (Å²) in [4.78, 5) is 11.0. The predicted octanol–water partition coefficient (Wildman–Crippen LogP) is 0.521. The number of amides is 1. The molecule has 104 valence electrons. The second-order valence-corrected chi connectivity index (χ2v) is 6.50. The lowest BCUT2D eigenvalue weighted by Crippen LogP contribution is -2.26. The van der Waals surface area contributed by atoms with Crippen molar-refractivity contribution in [1.29, 1.82) is 0 Å². The van der Waals surface area contributed by atoms with Gasteiger partial charge >= 0.3 is 0 Å². The molecule has 19 heavy (non-hydrogen) atoms. The fourth-order valence-corrected chi connectivity index (χ4v) is 4.28. The van der Waals surface area contributed by atoms with E-state index in [-0.39, 0.29) is 22.7 Å². The van der Waals surface area contributed by atoms with Gasteiger partial charge in [0.05, 0.1) is 11.7 Å². The van der Waals surface area contributed by atoms with Crippen molar-refractivity contribution in [3.63, 3.8) is 0 Å². The molecule has 7 nitrogen and oxygen atoms in total. The van der Waals surface area contributed by atoms with Gasteiger partial charge in [0, 0.05) is 11.8 Å². The van der Waals surface area contributed by atoms with Crippen molar-refractivity contribution in [3.05, 3.63) is 10.9 Å². The van der Waals surface area contributed by atoms with Crippen molar-refractivity contribution in [3.8, 4) is 0 Å². The average molecular weight is 303 g/mol. The Morgan fingerprint density at radius 3 is 2.89 bits per heavy atom. The Bertz CT molecular complexity index is 648. The highest BCUT2D eigenvalue weighted by molar-refractivity contribution is 7.90. The smallest absolute Gasteiger partial charge is 0.287 e. The molecule has 2 rings (SSSR count). The standard InChI is InChI=1S/C10H13N3O4S2/c1-2-5(14)3-7-12-10-8(19(16,17)13-7)6(4-18-10)9(11)15/h4-5,14H,2-3H2,1H3,(H2,11,15)(H,12,13). The molecule has 0 fully saturated rings. The molecule has 1 aliphatic rings. The molecule has 1 amide bonds. The van der Waals surface area contributed by atoms with E-state index in [0.717, 1.165) is 11.3 Å². The minimum absolute atomic E-state index is 0.0636. The summed E-state index contributed by atoms with van der Waals surface area (Å²) in [5.41, 5.74) is 5.06. The molecule has 1 atom stereocenters. The van der Waals surface area contributed by atoms with Crippen LogP contribution in [0.5, 0.6) is 0 Å². The van der Waals surface area contributed by atoms with Crippen molar-refractivity contribution in [1.82, 2.24) is 0 Å². The fourth-order valence-electron chi connectivity index (χ4n) is 1.66. The highest BCUT2D eigenvalue weighted by atomic mass is 32.2. The first-order chi connectivity index (χ1) is 8.85. The van der Waals surface area contributed by atoms with Crippen molar-refractivity contribution in [2.45, 2.75) is 30.8 Å². The lowest BCUT2D eigenvalue weighted by molar-refractivity contribution is 0.0997. The molecule has 1 aromatic heterocycles. The van der Waals surface area contributed by atoms with Crippen LogP contribution < -0.4 is 11.1 Å². The summed E-state index contributed by atoms with van der Waals surface area (Å²) in [6, 6.07) is 0. The van der Waals surface area contributed by atoms with Crippen LogP contribution in [-0.4, -0.2) is 31.4 Å². The van der Waals surface area contributed by atoms with Crippen LogP contribution in [0.3, 0.4) is 0 Å². The van der Waals surface area contributed by atoms with E-state index in [4.69, 9.17) is 5.73 Å². The van der Waals surface area contributed by atoms with Crippen molar-refractivity contribution >= 4 is 38.1 Å². The number of nitrogens with one attached hydrogen (secondary N) is 1. The third-order valence-corrected chi connectivity index (χ3v) is 5.08. The van der Waals surface area contributed by atoms with Crippen LogP contribution in [0.15, 0.2) is 14.7 Å². The minimum Gasteiger partial charge on any atom is -0.393 e. The van der Waals surface area contributed by atoms with E-state index >= 15 is 0 Å². The van der Waals surface area contributed by atoms with Gasteiger partial charge in [0.1, 0.15) is 15.7 Å². The molecule has 0 bridgehead atoms. The SMILES string of the molecule is CCC(O)CC1=NS(=O)(=O)c2c(C(N)=O)csc2N1. The maximum atomic E-state index is 12.0. The maximum absolute atomic E-state index is 12.0. The number of carbonyl (C=O) groups is 1. The van der Waals surface area contributed by atoms with Gasteiger partial charge in [-0.25, -0.2) is 0 Å². The van der Waals surface area contributed by atoms with Gasteiger partial charge in [-0.1, -0.05) is 6.92 Å². The van der Waals surface area contributed by atoms with Crippen molar-refractivity contribution in [2.24, 2.45) is 10.1 Å². The first-order valence-electron chi connectivity index (χ1n) is 5.55. The fraction of sp³-hybridized carbons (Fsp3) is 0.400. The number of nitrogens with two attached hydrogens (primary N) is 1. The van der Waals surface area contributed by atoms with Gasteiger partial charge in [0.2, 0.25) is 0 Å². The number of thiophene rings is 1. The average Bonchev–Trinajstić information content (AvgIpc) is 2.72. The van der Waals surface area contributed by atoms with Crippen LogP contribution in [0.4, 0.5) is 5.00 Å². The van der Waals surface area contributed by atoms with E-state index in [2.05, 4.69) is 9.71 Å². The number of aliphatic hydroxyl groups is 1. The van der Waals surface area contributed by atoms with Crippen LogP contribution in [0, 0.1) is 0 Å². The number of sulfonamides is 1. The summed E-state index contributed by atoms with van der Waals surface area (Å²) < 4.78 is 27.6. The number of carbonyl (C=O) groups excluding carboxylic acids is 1. The van der Waals surface area contributed by atoms with E-state index in [0.29, 0.717) is 11.4 Å². The number of amidine groups is 1. The zero-order valence-corrected chi connectivity index (χ0v) is 11.7. The Balaban J connectivity index is 2.42. The van der Waals surface area contributed by atoms with E-state index in [1.165, 1.54) is 5.38 Å². The number of hydrogen-bond donors (Lipinski definition) is 3. The molecule has 0 aromatic carbocycles. The summed E-state index contributed by atoms with van der Waals surface area (Å²) in [7, 11) is -3.95. The summed E-state index contributed by atoms with van der Waals surface area (Å²) in [6.07, 6.45) is -0.0672. The molecule has 0 saturated heterocycles. The Morgan fingerprint density at radius 1 is 1.63 bits per heavy atom. The highest BCUT2D eigenvalue weighted by Crippen LogP contribution is 2.36. The largest absolute Gasteiger partial charge is 0.393 e. The van der Waals surface area contributed by atoms with E-state index < -0.39 is 22.0 Å². The zero-order valence-electron chi connectivity index (χ0n) is 10.1. The normalized spacial score (nSPS) is 18.1. The van der Waals surface area contributed by atoms with Gasteiger partial charge in [-0.05, 0) is 6.42 Å². The lowest BCUT2D eigenvalue weighted by atomic mass is 10.2. The third-order valence-electron chi connectivity index (χ3n) is 2.66. The lowest BCUT2D eigenvalue weighted by Gasteiger charge is -2.17. The Hall–Kier alpha value is -1.45. The van der Waals surface area contributed by atoms with Gasteiger partial charge in [-0.15, -0.1) is 15.7 Å². The van der Waals surface area contributed by atoms with Crippen LogP contribution in [0.2, 0.25) is 0 Å². The first-order valence-corrected chi connectivity index (χ1v) is 7.87. The number of rotatable bonds is 4. The van der Waals surface area contributed by atoms with Gasteiger partial charge in [0.25, 0.3) is 15.9 Å². The molecule has 0 radical (unpaired) electrons. The van der Waals surface area contributed by atoms with Crippen LogP contribution in [0.1, 0.15) is 30.1 Å². The molecule has 4 N–H and O–H groups in total. The Kier molecular flexibility index (Phi) is 3.61. The van der Waals surface area contributed by atoms with E-state index in [1.54, 1.807) is 6.92 Å². The van der Waals surface area contributed by atoms with Crippen LogP contribution >= 0.6 is 11.3 Å². The number of anilines is 1.